The minimum absolute atomic E-state index is 0.331. The van der Waals surface area contributed by atoms with E-state index in [1.54, 1.807) is 36.3 Å². The highest BCUT2D eigenvalue weighted by molar-refractivity contribution is 5.98. The predicted octanol–water partition coefficient (Wildman–Crippen LogP) is 0.680. The molecule has 1 N–H and O–H groups in total. The molecule has 1 aromatic rings. The van der Waals surface area contributed by atoms with Gasteiger partial charge in [0.1, 0.15) is 5.75 Å². The number of aliphatic carboxylic acids is 1. The van der Waals surface area contributed by atoms with Gasteiger partial charge in [0.2, 0.25) is 0 Å². The van der Waals surface area contributed by atoms with Gasteiger partial charge in [-0.25, -0.2) is 9.59 Å². The molecule has 1 rings (SSSR count). The summed E-state index contributed by atoms with van der Waals surface area (Å²) in [5.41, 5.74) is 0. The van der Waals surface area contributed by atoms with Crippen molar-refractivity contribution in [2.24, 2.45) is 0 Å². The van der Waals surface area contributed by atoms with Gasteiger partial charge in [-0.2, -0.15) is 0 Å². The van der Waals surface area contributed by atoms with Gasteiger partial charge in [-0.05, 0) is 12.1 Å². The Morgan fingerprint density at radius 1 is 1.14 bits per heavy atom. The van der Waals surface area contributed by atoms with E-state index in [0.717, 1.165) is 0 Å². The lowest BCUT2D eigenvalue weighted by molar-refractivity contribution is -0.131. The molecule has 70 valence electrons. The second kappa shape index (κ2) is 4.67. The Bertz CT molecular complexity index is 397. The van der Waals surface area contributed by atoms with Crippen molar-refractivity contribution in [3.8, 4) is 17.6 Å². The Hall–Kier alpha value is -2.28. The van der Waals surface area contributed by atoms with E-state index >= 15 is 0 Å². The summed E-state index contributed by atoms with van der Waals surface area (Å²) in [6, 6.07) is 8.28. The molecule has 0 saturated carbocycles. The van der Waals surface area contributed by atoms with Crippen molar-refractivity contribution in [3.05, 3.63) is 30.3 Å². The first-order chi connectivity index (χ1) is 6.68. The minimum atomic E-state index is -1.37. The van der Waals surface area contributed by atoms with Crippen molar-refractivity contribution >= 4 is 11.9 Å². The zero-order valence-corrected chi connectivity index (χ0v) is 7.06. The van der Waals surface area contributed by atoms with E-state index in [9.17, 15) is 9.59 Å². The van der Waals surface area contributed by atoms with E-state index < -0.39 is 11.9 Å². The molecule has 0 spiro atoms. The highest BCUT2D eigenvalue weighted by Crippen LogP contribution is 2.07. The maximum Gasteiger partial charge on any atom is 0.390 e. The van der Waals surface area contributed by atoms with Crippen molar-refractivity contribution in [1.82, 2.24) is 0 Å². The number of carboxylic acids is 1. The third-order valence-corrected chi connectivity index (χ3v) is 1.23. The van der Waals surface area contributed by atoms with Crippen LogP contribution < -0.4 is 4.74 Å². The molecule has 0 atom stereocenters. The summed E-state index contributed by atoms with van der Waals surface area (Å²) in [5, 5.41) is 8.15. The molecule has 0 amide bonds. The zero-order valence-electron chi connectivity index (χ0n) is 7.06. The fraction of sp³-hybridized carbons (Fsp3) is 0. The summed E-state index contributed by atoms with van der Waals surface area (Å²) in [5.74, 6) is 1.55. The van der Waals surface area contributed by atoms with Crippen molar-refractivity contribution < 1.29 is 19.4 Å². The van der Waals surface area contributed by atoms with Crippen molar-refractivity contribution in [3.63, 3.8) is 0 Å². The van der Waals surface area contributed by atoms with Gasteiger partial charge in [0, 0.05) is 11.8 Å². The van der Waals surface area contributed by atoms with Crippen LogP contribution in [0.2, 0.25) is 0 Å². The Balaban J connectivity index is 2.60. The normalized spacial score (nSPS) is 8.29. The van der Waals surface area contributed by atoms with Crippen LogP contribution in [0, 0.1) is 11.8 Å². The Labute approximate surface area is 80.1 Å². The average Bonchev–Trinajstić information content (AvgIpc) is 2.16. The largest absolute Gasteiger partial charge is 0.472 e. The number of hydrogen-bond donors (Lipinski definition) is 1. The lowest BCUT2D eigenvalue weighted by atomic mass is 10.3. The summed E-state index contributed by atoms with van der Waals surface area (Å²) in [6.07, 6.45) is 0. The quantitative estimate of drug-likeness (QED) is 0.306. The van der Waals surface area contributed by atoms with E-state index in [-0.39, 0.29) is 0 Å². The average molecular weight is 190 g/mol. The van der Waals surface area contributed by atoms with Crippen molar-refractivity contribution in [2.45, 2.75) is 0 Å². The minimum Gasteiger partial charge on any atom is -0.472 e. The van der Waals surface area contributed by atoms with Crippen LogP contribution >= 0.6 is 0 Å². The Morgan fingerprint density at radius 2 is 1.79 bits per heavy atom. The van der Waals surface area contributed by atoms with Gasteiger partial charge in [0.15, 0.2) is 0 Å². The second-order valence-corrected chi connectivity index (χ2v) is 2.26. The second-order valence-electron chi connectivity index (χ2n) is 2.26. The van der Waals surface area contributed by atoms with Gasteiger partial charge in [-0.1, -0.05) is 18.2 Å². The lowest BCUT2D eigenvalue weighted by Crippen LogP contribution is -2.05. The predicted molar refractivity (Wildman–Crippen MR) is 47.5 cm³/mol. The standard InChI is InChI=1S/C10H6O4/c11-9(12)6-7-10(13)14-8-4-2-1-3-5-8/h1-5H,(H,11,12). The molecule has 0 radical (unpaired) electrons. The van der Waals surface area contributed by atoms with Crippen LogP contribution in [-0.2, 0) is 9.59 Å². The topological polar surface area (TPSA) is 63.6 Å². The van der Waals surface area contributed by atoms with E-state index in [2.05, 4.69) is 4.74 Å². The number of ether oxygens (including phenoxy) is 1. The van der Waals surface area contributed by atoms with Crippen LogP contribution in [0.15, 0.2) is 30.3 Å². The molecule has 14 heavy (non-hydrogen) atoms. The number of para-hydroxylation sites is 1. The van der Waals surface area contributed by atoms with Crippen LogP contribution in [0.5, 0.6) is 5.75 Å². The molecule has 4 nitrogen and oxygen atoms in total. The van der Waals surface area contributed by atoms with Gasteiger partial charge in [0.05, 0.1) is 0 Å². The van der Waals surface area contributed by atoms with Crippen LogP contribution in [0.3, 0.4) is 0 Å². The monoisotopic (exact) mass is 190 g/mol. The summed E-state index contributed by atoms with van der Waals surface area (Å²) >= 11 is 0. The summed E-state index contributed by atoms with van der Waals surface area (Å²) < 4.78 is 4.69. The molecule has 0 fully saturated rings. The van der Waals surface area contributed by atoms with Crippen LogP contribution in [0.4, 0.5) is 0 Å². The van der Waals surface area contributed by atoms with Crippen LogP contribution in [-0.4, -0.2) is 17.0 Å². The van der Waals surface area contributed by atoms with E-state index in [1.807, 2.05) is 5.92 Å². The van der Waals surface area contributed by atoms with E-state index in [4.69, 9.17) is 5.11 Å². The first kappa shape index (κ1) is 9.81. The molecule has 0 bridgehead atoms. The highest BCUT2D eigenvalue weighted by atomic mass is 16.5. The lowest BCUT2D eigenvalue weighted by Gasteiger charge is -1.96. The smallest absolute Gasteiger partial charge is 0.390 e. The molecule has 0 unspecified atom stereocenters. The number of benzene rings is 1. The van der Waals surface area contributed by atoms with Gasteiger partial charge in [-0.15, -0.1) is 0 Å². The number of esters is 1. The molecule has 0 aromatic heterocycles. The van der Waals surface area contributed by atoms with Gasteiger partial charge >= 0.3 is 11.9 Å². The van der Waals surface area contributed by atoms with Gasteiger partial charge in [-0.3, -0.25) is 0 Å². The number of carboxylic acid groups (broad SMARTS) is 1. The van der Waals surface area contributed by atoms with Crippen molar-refractivity contribution in [1.29, 1.82) is 0 Å². The number of carbonyl (C=O) groups excluding carboxylic acids is 1. The van der Waals surface area contributed by atoms with Crippen LogP contribution in [0.25, 0.3) is 0 Å². The summed E-state index contributed by atoms with van der Waals surface area (Å²) in [6.45, 7) is 0. The van der Waals surface area contributed by atoms with Crippen LogP contribution in [0.1, 0.15) is 0 Å². The molecular weight excluding hydrogens is 184 g/mol. The first-order valence-electron chi connectivity index (χ1n) is 3.70. The maximum absolute atomic E-state index is 10.9. The molecule has 1 aromatic carbocycles. The highest BCUT2D eigenvalue weighted by Gasteiger charge is 1.99. The Kier molecular flexibility index (Phi) is 3.27. The molecule has 0 saturated heterocycles. The van der Waals surface area contributed by atoms with Gasteiger partial charge in [0.25, 0.3) is 0 Å². The molecule has 0 aliphatic heterocycles. The Morgan fingerprint density at radius 3 is 2.36 bits per heavy atom. The fourth-order valence-electron chi connectivity index (χ4n) is 0.726. The van der Waals surface area contributed by atoms with E-state index in [1.165, 1.54) is 0 Å². The zero-order chi connectivity index (χ0) is 10.4. The number of hydrogen-bond acceptors (Lipinski definition) is 3. The fourth-order valence-corrected chi connectivity index (χ4v) is 0.726. The summed E-state index contributed by atoms with van der Waals surface area (Å²) in [4.78, 5) is 20.8. The molecule has 0 aliphatic rings. The molecule has 0 aliphatic carbocycles. The maximum atomic E-state index is 10.9. The third kappa shape index (κ3) is 3.41. The summed E-state index contributed by atoms with van der Waals surface area (Å²) in [7, 11) is 0. The number of carbonyl (C=O) groups is 2. The molecular formula is C10H6O4. The molecule has 4 heteroatoms. The first-order valence-corrected chi connectivity index (χ1v) is 3.70. The van der Waals surface area contributed by atoms with Crippen molar-refractivity contribution in [2.75, 3.05) is 0 Å². The third-order valence-electron chi connectivity index (χ3n) is 1.23. The number of rotatable bonds is 1. The molecule has 0 heterocycles. The van der Waals surface area contributed by atoms with E-state index in [0.29, 0.717) is 5.75 Å². The van der Waals surface area contributed by atoms with Gasteiger partial charge < -0.3 is 9.84 Å². The SMILES string of the molecule is O=C(O)C#CC(=O)Oc1ccccc1.